The first-order valence-corrected chi connectivity index (χ1v) is 8.55. The fourth-order valence-corrected chi connectivity index (χ4v) is 5.22. The van der Waals surface area contributed by atoms with E-state index in [4.69, 9.17) is 10.7 Å². The van der Waals surface area contributed by atoms with Crippen LogP contribution in [0.1, 0.15) is 48.6 Å². The molecule has 0 aliphatic carbocycles. The van der Waals surface area contributed by atoms with Crippen LogP contribution < -0.4 is 5.73 Å². The summed E-state index contributed by atoms with van der Waals surface area (Å²) in [4.78, 5) is 9.25. The Bertz CT molecular complexity index is 409. The molecule has 5 heteroatoms. The second-order valence-corrected chi connectivity index (χ2v) is 7.26. The van der Waals surface area contributed by atoms with Crippen LogP contribution in [0, 0.1) is 6.92 Å². The van der Waals surface area contributed by atoms with Crippen LogP contribution in [-0.2, 0) is 0 Å². The van der Waals surface area contributed by atoms with Gasteiger partial charge in [-0.05, 0) is 20.3 Å². The zero-order valence-corrected chi connectivity index (χ0v) is 12.9. The van der Waals surface area contributed by atoms with Crippen LogP contribution in [0.15, 0.2) is 6.20 Å². The van der Waals surface area contributed by atoms with Gasteiger partial charge >= 0.3 is 0 Å². The molecular formula is C13H21N3S2. The van der Waals surface area contributed by atoms with E-state index in [0.717, 1.165) is 17.1 Å². The maximum Gasteiger partial charge on any atom is 0.142 e. The van der Waals surface area contributed by atoms with Crippen LogP contribution in [0.2, 0.25) is 0 Å². The average Bonchev–Trinajstić information content (AvgIpc) is 2.38. The number of nitrogens with two attached hydrogens (primary N) is 1. The number of hydrogen-bond donors (Lipinski definition) is 1. The van der Waals surface area contributed by atoms with Crippen LogP contribution in [-0.4, -0.2) is 26.7 Å². The van der Waals surface area contributed by atoms with E-state index in [1.807, 2.05) is 31.8 Å². The van der Waals surface area contributed by atoms with Crippen molar-refractivity contribution >= 4 is 23.5 Å². The van der Waals surface area contributed by atoms with E-state index in [1.165, 1.54) is 17.9 Å². The molecule has 2 unspecified atom stereocenters. The summed E-state index contributed by atoms with van der Waals surface area (Å²) in [5.74, 6) is 3.43. The van der Waals surface area contributed by atoms with Crippen molar-refractivity contribution in [3.05, 3.63) is 23.3 Å². The minimum Gasteiger partial charge on any atom is -0.324 e. The van der Waals surface area contributed by atoms with Crippen LogP contribution in [0.25, 0.3) is 0 Å². The molecule has 2 rings (SSSR count). The van der Waals surface area contributed by atoms with Crippen molar-refractivity contribution in [2.75, 3.05) is 11.5 Å². The lowest BCUT2D eigenvalue weighted by atomic mass is 10.1. The lowest BCUT2D eigenvalue weighted by Gasteiger charge is -2.29. The summed E-state index contributed by atoms with van der Waals surface area (Å²) in [7, 11) is 0. The number of rotatable bonds is 3. The van der Waals surface area contributed by atoms with Crippen molar-refractivity contribution in [3.8, 4) is 0 Å². The van der Waals surface area contributed by atoms with Gasteiger partial charge in [-0.3, -0.25) is 0 Å². The fourth-order valence-electron chi connectivity index (χ4n) is 2.22. The normalized spacial score (nSPS) is 26.0. The van der Waals surface area contributed by atoms with Crippen molar-refractivity contribution in [1.82, 2.24) is 9.97 Å². The molecule has 1 aliphatic rings. The molecule has 1 aliphatic heterocycles. The molecule has 1 fully saturated rings. The van der Waals surface area contributed by atoms with Gasteiger partial charge in [0.2, 0.25) is 0 Å². The molecule has 1 aromatic rings. The molecule has 2 N–H and O–H groups in total. The van der Waals surface area contributed by atoms with Crippen LogP contribution in [0.4, 0.5) is 0 Å². The zero-order valence-electron chi connectivity index (χ0n) is 11.2. The predicted octanol–water partition coefficient (Wildman–Crippen LogP) is 3.10. The Labute approximate surface area is 118 Å². The summed E-state index contributed by atoms with van der Waals surface area (Å²) in [5, 5.41) is 1.08. The maximum atomic E-state index is 5.91. The summed E-state index contributed by atoms with van der Waals surface area (Å²) in [6, 6.07) is 0.00871. The highest BCUT2D eigenvalue weighted by molar-refractivity contribution is 8.06. The highest BCUT2D eigenvalue weighted by Gasteiger charge is 2.28. The number of aryl methyl sites for hydroxylation is 1. The molecule has 3 atom stereocenters. The molecular weight excluding hydrogens is 262 g/mol. The molecule has 18 heavy (non-hydrogen) atoms. The van der Waals surface area contributed by atoms with E-state index in [-0.39, 0.29) is 6.04 Å². The first-order chi connectivity index (χ1) is 8.63. The Morgan fingerprint density at radius 2 is 2.17 bits per heavy atom. The minimum absolute atomic E-state index is 0.00871. The predicted molar refractivity (Wildman–Crippen MR) is 81.1 cm³/mol. The maximum absolute atomic E-state index is 5.91. The van der Waals surface area contributed by atoms with Crippen molar-refractivity contribution < 1.29 is 0 Å². The number of hydrogen-bond acceptors (Lipinski definition) is 5. The first kappa shape index (κ1) is 14.2. The lowest BCUT2D eigenvalue weighted by molar-refractivity contribution is 0.725. The Balaban J connectivity index is 2.24. The van der Waals surface area contributed by atoms with Crippen molar-refractivity contribution in [2.24, 2.45) is 5.73 Å². The molecule has 2 heterocycles. The van der Waals surface area contributed by atoms with Crippen molar-refractivity contribution in [3.63, 3.8) is 0 Å². The zero-order chi connectivity index (χ0) is 13.1. The minimum atomic E-state index is 0.00871. The summed E-state index contributed by atoms with van der Waals surface area (Å²) >= 11 is 4.05. The third-order valence-electron chi connectivity index (χ3n) is 3.23. The highest BCUT2D eigenvalue weighted by atomic mass is 32.2. The average molecular weight is 283 g/mol. The fraction of sp³-hybridized carbons (Fsp3) is 0.692. The summed E-state index contributed by atoms with van der Waals surface area (Å²) in [6.45, 7) is 6.26. The van der Waals surface area contributed by atoms with Crippen LogP contribution >= 0.6 is 23.5 Å². The largest absolute Gasteiger partial charge is 0.324 e. The highest BCUT2D eigenvalue weighted by Crippen LogP contribution is 2.42. The molecule has 1 aromatic heterocycles. The second kappa shape index (κ2) is 6.26. The summed E-state index contributed by atoms with van der Waals surface area (Å²) in [6.07, 6.45) is 3.09. The Kier molecular flexibility index (Phi) is 4.92. The molecule has 0 bridgehead atoms. The smallest absolute Gasteiger partial charge is 0.142 e. The second-order valence-electron chi connectivity index (χ2n) is 4.67. The molecule has 100 valence electrons. The van der Waals surface area contributed by atoms with E-state index in [0.29, 0.717) is 10.5 Å². The van der Waals surface area contributed by atoms with Gasteiger partial charge < -0.3 is 5.73 Å². The van der Waals surface area contributed by atoms with Gasteiger partial charge in [-0.25, -0.2) is 9.97 Å². The molecule has 0 saturated carbocycles. The van der Waals surface area contributed by atoms with Gasteiger partial charge in [-0.1, -0.05) is 6.92 Å². The quantitative estimate of drug-likeness (QED) is 0.923. The monoisotopic (exact) mass is 283 g/mol. The molecule has 0 spiro atoms. The Morgan fingerprint density at radius 1 is 1.44 bits per heavy atom. The van der Waals surface area contributed by atoms with Crippen molar-refractivity contribution in [1.29, 1.82) is 0 Å². The van der Waals surface area contributed by atoms with Gasteiger partial charge in [0.25, 0.3) is 0 Å². The topological polar surface area (TPSA) is 51.8 Å². The molecule has 0 radical (unpaired) electrons. The number of thioether (sulfide) groups is 2. The molecule has 1 saturated heterocycles. The van der Waals surface area contributed by atoms with Gasteiger partial charge in [-0.2, -0.15) is 11.8 Å². The summed E-state index contributed by atoms with van der Waals surface area (Å²) < 4.78 is 0. The molecule has 0 amide bonds. The SMILES string of the molecule is CCC1SCCSC1c1ncc([C@@H](C)N)c(C)n1. The standard InChI is InChI=1S/C13H21N3S2/c1-4-11-12(18-6-5-17-11)13-15-7-10(8(2)14)9(3)16-13/h7-8,11-12H,4-6,14H2,1-3H3/t8-,11?,12?/m1/s1. The van der Waals surface area contributed by atoms with Gasteiger partial charge in [0.1, 0.15) is 5.82 Å². The van der Waals surface area contributed by atoms with E-state index in [2.05, 4.69) is 23.7 Å². The number of nitrogens with zero attached hydrogens (tertiary/aromatic N) is 2. The van der Waals surface area contributed by atoms with E-state index >= 15 is 0 Å². The van der Waals surface area contributed by atoms with Gasteiger partial charge in [0, 0.05) is 40.3 Å². The van der Waals surface area contributed by atoms with Crippen LogP contribution in [0.3, 0.4) is 0 Å². The van der Waals surface area contributed by atoms with E-state index < -0.39 is 0 Å². The molecule has 0 aromatic carbocycles. The molecule has 3 nitrogen and oxygen atoms in total. The van der Waals surface area contributed by atoms with Gasteiger partial charge in [0.05, 0.1) is 5.25 Å². The van der Waals surface area contributed by atoms with Crippen molar-refractivity contribution in [2.45, 2.75) is 43.7 Å². The Hall–Kier alpha value is -0.260. The van der Waals surface area contributed by atoms with E-state index in [9.17, 15) is 0 Å². The van der Waals surface area contributed by atoms with E-state index in [1.54, 1.807) is 0 Å². The van der Waals surface area contributed by atoms with Gasteiger partial charge in [0.15, 0.2) is 0 Å². The third-order valence-corrected chi connectivity index (χ3v) is 6.48. The lowest BCUT2D eigenvalue weighted by Crippen LogP contribution is -2.21. The summed E-state index contributed by atoms with van der Waals surface area (Å²) in [5.41, 5.74) is 7.99. The third kappa shape index (κ3) is 3.00. The van der Waals surface area contributed by atoms with Crippen LogP contribution in [0.5, 0.6) is 0 Å². The first-order valence-electron chi connectivity index (χ1n) is 6.45. The Morgan fingerprint density at radius 3 is 2.78 bits per heavy atom. The number of aromatic nitrogens is 2. The van der Waals surface area contributed by atoms with Gasteiger partial charge in [-0.15, -0.1) is 11.8 Å².